The maximum atomic E-state index is 12.5. The predicted octanol–water partition coefficient (Wildman–Crippen LogP) is 3.52. The van der Waals surface area contributed by atoms with Gasteiger partial charge in [-0.1, -0.05) is 25.5 Å². The highest BCUT2D eigenvalue weighted by Crippen LogP contribution is 2.32. The first-order valence-corrected chi connectivity index (χ1v) is 10.2. The van der Waals surface area contributed by atoms with Crippen LogP contribution in [0.3, 0.4) is 0 Å². The predicted molar refractivity (Wildman–Crippen MR) is 105 cm³/mol. The number of ether oxygens (including phenoxy) is 1. The summed E-state index contributed by atoms with van der Waals surface area (Å²) in [6.07, 6.45) is 5.72. The van der Waals surface area contributed by atoms with Gasteiger partial charge in [0.15, 0.2) is 0 Å². The molecule has 3 amide bonds. The van der Waals surface area contributed by atoms with Crippen molar-refractivity contribution in [3.05, 3.63) is 34.7 Å². The molecule has 1 aromatic carbocycles. The monoisotopic (exact) mass is 388 g/mol. The van der Waals surface area contributed by atoms with E-state index in [9.17, 15) is 14.4 Å². The van der Waals surface area contributed by atoms with Crippen LogP contribution in [-0.2, 0) is 9.59 Å². The summed E-state index contributed by atoms with van der Waals surface area (Å²) in [4.78, 5) is 40.0. The molecule has 0 bridgehead atoms. The Hall–Kier alpha value is -2.28. The molecule has 0 N–H and O–H groups in total. The highest BCUT2D eigenvalue weighted by atomic mass is 32.2. The lowest BCUT2D eigenvalue weighted by Gasteiger charge is -2.18. The molecule has 2 saturated heterocycles. The normalized spacial score (nSPS) is 18.6. The van der Waals surface area contributed by atoms with Gasteiger partial charge < -0.3 is 9.64 Å². The van der Waals surface area contributed by atoms with Crippen molar-refractivity contribution in [1.82, 2.24) is 9.80 Å². The molecule has 2 fully saturated rings. The molecule has 6 nitrogen and oxygen atoms in total. The van der Waals surface area contributed by atoms with Gasteiger partial charge in [0.05, 0.1) is 11.5 Å². The first-order chi connectivity index (χ1) is 13.1. The highest BCUT2D eigenvalue weighted by Gasteiger charge is 2.37. The van der Waals surface area contributed by atoms with E-state index in [1.165, 1.54) is 0 Å². The van der Waals surface area contributed by atoms with Crippen molar-refractivity contribution in [2.24, 2.45) is 0 Å². The van der Waals surface area contributed by atoms with Gasteiger partial charge in [-0.3, -0.25) is 19.3 Å². The van der Waals surface area contributed by atoms with E-state index in [-0.39, 0.29) is 12.5 Å². The van der Waals surface area contributed by atoms with Crippen molar-refractivity contribution in [2.45, 2.75) is 32.6 Å². The Kier molecular flexibility index (Phi) is 6.55. The lowest BCUT2D eigenvalue weighted by atomic mass is 10.2. The number of hydrogen-bond acceptors (Lipinski definition) is 5. The Bertz CT molecular complexity index is 739. The van der Waals surface area contributed by atoms with Crippen molar-refractivity contribution in [3.8, 4) is 5.75 Å². The van der Waals surface area contributed by atoms with E-state index in [2.05, 4.69) is 6.92 Å². The second kappa shape index (κ2) is 9.08. The second-order valence-corrected chi connectivity index (χ2v) is 7.62. The fraction of sp³-hybridized carbons (Fsp3) is 0.450. The third kappa shape index (κ3) is 4.91. The number of carbonyl (C=O) groups is 3. The van der Waals surface area contributed by atoms with E-state index in [1.807, 2.05) is 24.3 Å². The first kappa shape index (κ1) is 19.5. The molecular formula is C20H24N2O4S. The van der Waals surface area contributed by atoms with Crippen LogP contribution in [0.4, 0.5) is 4.79 Å². The summed E-state index contributed by atoms with van der Waals surface area (Å²) in [5, 5.41) is -0.390. The van der Waals surface area contributed by atoms with Crippen LogP contribution in [0.1, 0.15) is 38.2 Å². The molecule has 3 rings (SSSR count). The van der Waals surface area contributed by atoms with Crippen LogP contribution in [0.2, 0.25) is 0 Å². The number of rotatable bonds is 7. The van der Waals surface area contributed by atoms with E-state index in [0.29, 0.717) is 24.6 Å². The molecule has 0 unspecified atom stereocenters. The molecule has 2 heterocycles. The minimum absolute atomic E-state index is 0.162. The van der Waals surface area contributed by atoms with Crippen molar-refractivity contribution in [2.75, 3.05) is 26.2 Å². The Morgan fingerprint density at radius 2 is 1.89 bits per heavy atom. The average molecular weight is 388 g/mol. The van der Waals surface area contributed by atoms with Crippen molar-refractivity contribution >= 4 is 34.9 Å². The molecule has 2 aliphatic heterocycles. The fourth-order valence-electron chi connectivity index (χ4n) is 2.98. The number of likely N-dealkylation sites (tertiary alicyclic amines) is 1. The van der Waals surface area contributed by atoms with Crippen LogP contribution in [-0.4, -0.2) is 53.1 Å². The summed E-state index contributed by atoms with van der Waals surface area (Å²) in [6, 6.07) is 7.40. The van der Waals surface area contributed by atoms with Gasteiger partial charge in [-0.15, -0.1) is 0 Å². The van der Waals surface area contributed by atoms with E-state index in [1.54, 1.807) is 11.0 Å². The number of nitrogens with zero attached hydrogens (tertiary/aromatic N) is 2. The molecule has 7 heteroatoms. The summed E-state index contributed by atoms with van der Waals surface area (Å²) in [5.41, 5.74) is 0.814. The van der Waals surface area contributed by atoms with Gasteiger partial charge in [0.2, 0.25) is 5.91 Å². The Morgan fingerprint density at radius 3 is 2.56 bits per heavy atom. The smallest absolute Gasteiger partial charge is 0.294 e. The summed E-state index contributed by atoms with van der Waals surface area (Å²) < 4.78 is 5.62. The van der Waals surface area contributed by atoms with Gasteiger partial charge in [0, 0.05) is 13.1 Å². The SMILES string of the molecule is CCCCOc1ccc(/C=C2\SC(=O)N(CC(=O)N3CCCC3)C2=O)cc1. The molecule has 0 saturated carbocycles. The highest BCUT2D eigenvalue weighted by molar-refractivity contribution is 8.18. The molecule has 0 radical (unpaired) electrons. The number of benzene rings is 1. The van der Waals surface area contributed by atoms with Gasteiger partial charge in [0.1, 0.15) is 12.3 Å². The zero-order valence-corrected chi connectivity index (χ0v) is 16.3. The third-order valence-corrected chi connectivity index (χ3v) is 5.48. The molecule has 0 aliphatic carbocycles. The van der Waals surface area contributed by atoms with Gasteiger partial charge in [-0.2, -0.15) is 0 Å². The Labute approximate surface area is 163 Å². The lowest BCUT2D eigenvalue weighted by Crippen LogP contribution is -2.40. The summed E-state index contributed by atoms with van der Waals surface area (Å²) in [6.45, 7) is 4.03. The number of amides is 3. The van der Waals surface area contributed by atoms with Crippen molar-refractivity contribution in [1.29, 1.82) is 0 Å². The Balaban J connectivity index is 1.62. The minimum Gasteiger partial charge on any atom is -0.494 e. The van der Waals surface area contributed by atoms with Crippen LogP contribution in [0.5, 0.6) is 5.75 Å². The van der Waals surface area contributed by atoms with E-state index < -0.39 is 11.1 Å². The molecule has 2 aliphatic rings. The minimum atomic E-state index is -0.402. The summed E-state index contributed by atoms with van der Waals surface area (Å²) in [5.74, 6) is 0.218. The van der Waals surface area contributed by atoms with Crippen LogP contribution >= 0.6 is 11.8 Å². The third-order valence-electron chi connectivity index (χ3n) is 4.57. The van der Waals surface area contributed by atoms with Crippen LogP contribution < -0.4 is 4.74 Å². The molecular weight excluding hydrogens is 364 g/mol. The van der Waals surface area contributed by atoms with Crippen LogP contribution in [0.25, 0.3) is 6.08 Å². The number of carbonyl (C=O) groups excluding carboxylic acids is 3. The topological polar surface area (TPSA) is 66.9 Å². The maximum absolute atomic E-state index is 12.5. The second-order valence-electron chi connectivity index (χ2n) is 6.63. The van der Waals surface area contributed by atoms with Gasteiger partial charge in [0.25, 0.3) is 11.1 Å². The zero-order valence-electron chi connectivity index (χ0n) is 15.5. The molecule has 1 aromatic rings. The molecule has 27 heavy (non-hydrogen) atoms. The number of hydrogen-bond donors (Lipinski definition) is 0. The maximum Gasteiger partial charge on any atom is 0.294 e. The standard InChI is InChI=1S/C20H24N2O4S/c1-2-3-12-26-16-8-6-15(7-9-16)13-17-19(24)22(20(25)27-17)14-18(23)21-10-4-5-11-21/h6-9,13H,2-5,10-12,14H2,1H3/b17-13-. The number of imide groups is 1. The van der Waals surface area contributed by atoms with Crippen LogP contribution in [0.15, 0.2) is 29.2 Å². The molecule has 144 valence electrons. The van der Waals surface area contributed by atoms with Crippen molar-refractivity contribution < 1.29 is 19.1 Å². The molecule has 0 atom stereocenters. The van der Waals surface area contributed by atoms with Gasteiger partial charge >= 0.3 is 0 Å². The van der Waals surface area contributed by atoms with E-state index in [0.717, 1.165) is 53.7 Å². The van der Waals surface area contributed by atoms with Crippen molar-refractivity contribution in [3.63, 3.8) is 0 Å². The molecule has 0 aromatic heterocycles. The lowest BCUT2D eigenvalue weighted by molar-refractivity contribution is -0.135. The zero-order chi connectivity index (χ0) is 19.2. The summed E-state index contributed by atoms with van der Waals surface area (Å²) in [7, 11) is 0. The first-order valence-electron chi connectivity index (χ1n) is 9.34. The quantitative estimate of drug-likeness (QED) is 0.528. The van der Waals surface area contributed by atoms with E-state index >= 15 is 0 Å². The van der Waals surface area contributed by atoms with Gasteiger partial charge in [-0.05, 0) is 54.8 Å². The van der Waals surface area contributed by atoms with Crippen LogP contribution in [0, 0.1) is 0 Å². The summed E-state index contributed by atoms with van der Waals surface area (Å²) >= 11 is 0.879. The number of unbranched alkanes of at least 4 members (excludes halogenated alkanes) is 1. The average Bonchev–Trinajstić information content (AvgIpc) is 3.28. The van der Waals surface area contributed by atoms with Gasteiger partial charge in [-0.25, -0.2) is 0 Å². The Morgan fingerprint density at radius 1 is 1.19 bits per heavy atom. The molecule has 0 spiro atoms. The fourth-order valence-corrected chi connectivity index (χ4v) is 3.82. The van der Waals surface area contributed by atoms with E-state index in [4.69, 9.17) is 4.74 Å². The number of thioether (sulfide) groups is 1. The largest absolute Gasteiger partial charge is 0.494 e.